The smallest absolute Gasteiger partial charge is 0.311 e. The summed E-state index contributed by atoms with van der Waals surface area (Å²) in [5.74, 6) is -2.80. The predicted molar refractivity (Wildman–Crippen MR) is 263 cm³/mol. The molecule has 3 aliphatic heterocycles. The van der Waals surface area contributed by atoms with Crippen LogP contribution in [0.2, 0.25) is 0 Å². The number of nitro groups is 1. The van der Waals surface area contributed by atoms with Gasteiger partial charge >= 0.3 is 5.97 Å². The van der Waals surface area contributed by atoms with E-state index in [1.165, 1.54) is 26.2 Å². The van der Waals surface area contributed by atoms with Gasteiger partial charge in [0.1, 0.15) is 30.0 Å². The summed E-state index contributed by atoms with van der Waals surface area (Å²) >= 11 is 0. The number of aliphatic hydroxyl groups is 5. The number of aliphatic hydroxyl groups excluding tert-OH is 3. The van der Waals surface area contributed by atoms with Crippen molar-refractivity contribution in [2.75, 3.05) is 34.3 Å². The summed E-state index contributed by atoms with van der Waals surface area (Å²) in [6.45, 7) is 19.1. The lowest BCUT2D eigenvalue weighted by Gasteiger charge is -2.49. The Hall–Kier alpha value is -3.25. The number of carbonyl (C=O) groups excluding carboxylic acids is 1. The van der Waals surface area contributed by atoms with E-state index in [1.54, 1.807) is 53.7 Å². The minimum absolute atomic E-state index is 0.0744. The molecular formula is C51H86N6O14. The molecule has 5 rings (SSSR count). The van der Waals surface area contributed by atoms with Crippen LogP contribution in [0.3, 0.4) is 0 Å². The number of carbonyl (C=O) groups is 1. The number of likely N-dealkylation sites (N-methyl/N-ethyl adjacent to an activating group) is 2. The molecule has 0 unspecified atom stereocenters. The number of ether oxygens (including phenoxy) is 6. The Morgan fingerprint density at radius 3 is 2.27 bits per heavy atom. The van der Waals surface area contributed by atoms with Crippen molar-refractivity contribution in [3.05, 3.63) is 51.8 Å². The summed E-state index contributed by atoms with van der Waals surface area (Å²) < 4.78 is 40.1. The number of unbranched alkanes of at least 4 members (excludes halogenated alkanes) is 1. The van der Waals surface area contributed by atoms with E-state index in [2.05, 4.69) is 15.2 Å². The van der Waals surface area contributed by atoms with Crippen molar-refractivity contribution in [1.29, 1.82) is 0 Å². The van der Waals surface area contributed by atoms with Gasteiger partial charge < -0.3 is 63.8 Å². The highest BCUT2D eigenvalue weighted by Gasteiger charge is 2.53. The Morgan fingerprint density at radius 1 is 0.958 bits per heavy atom. The molecule has 3 aliphatic rings. The number of aryl methyl sites for hydroxylation is 2. The molecule has 0 aliphatic carbocycles. The van der Waals surface area contributed by atoms with Crippen molar-refractivity contribution < 1.29 is 63.7 Å². The van der Waals surface area contributed by atoms with Crippen LogP contribution in [0, 0.1) is 27.9 Å². The van der Waals surface area contributed by atoms with Crippen LogP contribution in [-0.2, 0) is 52.6 Å². The van der Waals surface area contributed by atoms with Crippen molar-refractivity contribution in [2.24, 2.45) is 17.8 Å². The monoisotopic (exact) mass is 1010 g/mol. The molecule has 18 atom stereocenters. The molecular weight excluding hydrogens is 921 g/mol. The average molecular weight is 1010 g/mol. The number of nitrogens with zero attached hydrogens (tertiary/aromatic N) is 6. The summed E-state index contributed by atoms with van der Waals surface area (Å²) in [4.78, 5) is 29.0. The number of cyclic esters (lactones) is 1. The molecule has 4 heterocycles. The maximum absolute atomic E-state index is 14.5. The maximum atomic E-state index is 14.5. The Bertz CT molecular complexity index is 1990. The normalized spacial score (nSPS) is 39.4. The first kappa shape index (κ1) is 58.6. The lowest BCUT2D eigenvalue weighted by Crippen LogP contribution is -2.61. The number of esters is 1. The molecule has 1 aromatic heterocycles. The van der Waals surface area contributed by atoms with Gasteiger partial charge in [-0.3, -0.25) is 19.6 Å². The van der Waals surface area contributed by atoms with Gasteiger partial charge in [-0.2, -0.15) is 0 Å². The van der Waals surface area contributed by atoms with Gasteiger partial charge in [0.15, 0.2) is 12.6 Å². The molecule has 2 aromatic rings. The van der Waals surface area contributed by atoms with Crippen LogP contribution in [0.1, 0.15) is 119 Å². The number of nitro benzene ring substituents is 1. The second kappa shape index (κ2) is 24.9. The van der Waals surface area contributed by atoms with Crippen LogP contribution in [0.5, 0.6) is 0 Å². The average Bonchev–Trinajstić information content (AvgIpc) is 3.78. The highest BCUT2D eigenvalue weighted by atomic mass is 16.7. The van der Waals surface area contributed by atoms with E-state index in [-0.39, 0.29) is 37.0 Å². The van der Waals surface area contributed by atoms with Crippen LogP contribution in [-0.4, -0.2) is 186 Å². The summed E-state index contributed by atoms with van der Waals surface area (Å²) in [5, 5.41) is 79.3. The summed E-state index contributed by atoms with van der Waals surface area (Å²) in [6.07, 6.45) is -4.09. The molecule has 3 fully saturated rings. The van der Waals surface area contributed by atoms with E-state index >= 15 is 0 Å². The Labute approximate surface area is 420 Å². The van der Waals surface area contributed by atoms with Crippen LogP contribution in [0.15, 0.2) is 30.5 Å². The predicted octanol–water partition coefficient (Wildman–Crippen LogP) is 4.04. The third-order valence-electron chi connectivity index (χ3n) is 15.7. The molecule has 0 amide bonds. The molecule has 0 bridgehead atoms. The lowest BCUT2D eigenvalue weighted by atomic mass is 9.77. The van der Waals surface area contributed by atoms with E-state index in [4.69, 9.17) is 28.4 Å². The SMILES string of the molecule is CC[C@H]1OC(=O)[C@H](C)[C@@H](O[C@H]2C[C@@](C)(OC)[C@@H](O)[C@H](C)O2)[C@H](C)[C@@H](O[C@@H]2O[C@H](C)C[C@H](N(C)CCc3cn(CCCCc4ccc([N+](=O)[O-])cc4)nn3)[C@H]2O)[C@](C)(O)C[C@@H](C)CN(C)[C@H](C)[C@@H](O)[C@]1(C)O. The van der Waals surface area contributed by atoms with Gasteiger partial charge in [0.2, 0.25) is 0 Å². The first-order chi connectivity index (χ1) is 33.2. The van der Waals surface area contributed by atoms with E-state index in [0.717, 1.165) is 30.5 Å². The number of non-ortho nitro benzene ring substituents is 1. The number of hydrogen-bond acceptors (Lipinski definition) is 18. The van der Waals surface area contributed by atoms with Crippen LogP contribution >= 0.6 is 0 Å². The first-order valence-corrected chi connectivity index (χ1v) is 25.6. The van der Waals surface area contributed by atoms with Gasteiger partial charge in [0, 0.05) is 75.9 Å². The molecule has 0 spiro atoms. The van der Waals surface area contributed by atoms with Gasteiger partial charge in [-0.15, -0.1) is 5.10 Å². The fraction of sp³-hybridized carbons (Fsp3) is 0.824. The van der Waals surface area contributed by atoms with Gasteiger partial charge in [0.25, 0.3) is 5.69 Å². The third kappa shape index (κ3) is 14.5. The molecule has 3 saturated heterocycles. The summed E-state index contributed by atoms with van der Waals surface area (Å²) in [7, 11) is 5.26. The molecule has 0 radical (unpaired) electrons. The largest absolute Gasteiger partial charge is 0.459 e. The van der Waals surface area contributed by atoms with Gasteiger partial charge in [0.05, 0.1) is 52.2 Å². The Morgan fingerprint density at radius 2 is 1.63 bits per heavy atom. The Balaban J connectivity index is 1.38. The zero-order valence-electron chi connectivity index (χ0n) is 44.4. The highest BCUT2D eigenvalue weighted by Crippen LogP contribution is 2.40. The zero-order valence-corrected chi connectivity index (χ0v) is 44.4. The summed E-state index contributed by atoms with van der Waals surface area (Å²) in [5.41, 5.74) is -2.63. The zero-order chi connectivity index (χ0) is 52.7. The van der Waals surface area contributed by atoms with Gasteiger partial charge in [-0.05, 0) is 113 Å². The number of aromatic nitrogens is 3. The van der Waals surface area contributed by atoms with E-state index in [9.17, 15) is 40.4 Å². The minimum atomic E-state index is -1.84. The summed E-state index contributed by atoms with van der Waals surface area (Å²) in [6, 6.07) is 5.62. The van der Waals surface area contributed by atoms with E-state index in [0.29, 0.717) is 32.5 Å². The quantitative estimate of drug-likeness (QED) is 0.0689. The molecule has 20 heteroatoms. The van der Waals surface area contributed by atoms with Crippen LogP contribution in [0.4, 0.5) is 5.69 Å². The van der Waals surface area contributed by atoms with Crippen molar-refractivity contribution >= 4 is 11.7 Å². The first-order valence-electron chi connectivity index (χ1n) is 25.6. The standard InChI is InChI=1S/C51H86N6O14/c1-14-40-51(10,63)44(59)34(6)55(12)28-30(2)26-49(8,62)46(32(4)43(33(5)47(61)69-40)70-41-27-50(9,66-13)45(60)35(7)68-41)71-48-42(58)39(25-31(3)67-48)54(11)24-22-37-29-56(53-52-37)23-16-15-17-36-18-20-38(21-19-36)57(64)65/h18-21,29-35,39-46,48,58-60,62-63H,14-17,22-28H2,1-13H3/t30-,31-,32+,33-,34-,35+,39+,40-,41+,42-,43+,44-,45+,46-,48+,49-,50-,51-/m1/s1. The van der Waals surface area contributed by atoms with Crippen molar-refractivity contribution in [2.45, 2.75) is 217 Å². The van der Waals surface area contributed by atoms with E-state index < -0.39 is 107 Å². The molecule has 71 heavy (non-hydrogen) atoms. The van der Waals surface area contributed by atoms with Crippen molar-refractivity contribution in [1.82, 2.24) is 24.8 Å². The van der Waals surface area contributed by atoms with E-state index in [1.807, 2.05) is 50.6 Å². The number of rotatable bonds is 16. The number of hydrogen-bond donors (Lipinski definition) is 5. The maximum Gasteiger partial charge on any atom is 0.311 e. The van der Waals surface area contributed by atoms with Crippen LogP contribution < -0.4 is 0 Å². The molecule has 20 nitrogen and oxygen atoms in total. The number of benzene rings is 1. The van der Waals surface area contributed by atoms with Crippen molar-refractivity contribution in [3.63, 3.8) is 0 Å². The second-order valence-corrected chi connectivity index (χ2v) is 21.8. The molecule has 404 valence electrons. The molecule has 1 aromatic carbocycles. The van der Waals surface area contributed by atoms with Crippen molar-refractivity contribution in [3.8, 4) is 0 Å². The minimum Gasteiger partial charge on any atom is -0.459 e. The Kier molecular flexibility index (Phi) is 20.5. The second-order valence-electron chi connectivity index (χ2n) is 21.8. The topological polar surface area (TPSA) is 254 Å². The fourth-order valence-electron chi connectivity index (χ4n) is 11.1. The molecule has 0 saturated carbocycles. The van der Waals surface area contributed by atoms with Crippen LogP contribution in [0.25, 0.3) is 0 Å². The highest BCUT2D eigenvalue weighted by molar-refractivity contribution is 5.73. The molecule has 5 N–H and O–H groups in total. The number of methoxy groups -OCH3 is 1. The lowest BCUT2D eigenvalue weighted by molar-refractivity contribution is -0.384. The third-order valence-corrected chi connectivity index (χ3v) is 15.7. The fourth-order valence-corrected chi connectivity index (χ4v) is 11.1. The van der Waals surface area contributed by atoms with Gasteiger partial charge in [-0.25, -0.2) is 0 Å². The van der Waals surface area contributed by atoms with Gasteiger partial charge in [-0.1, -0.05) is 38.1 Å².